The number of nitrogens with one attached hydrogen (secondary N) is 1. The van der Waals surface area contributed by atoms with Gasteiger partial charge >= 0.3 is 0 Å². The van der Waals surface area contributed by atoms with Gasteiger partial charge in [-0.15, -0.1) is 0 Å². The molecule has 0 saturated heterocycles. The summed E-state index contributed by atoms with van der Waals surface area (Å²) in [7, 11) is -3.22. The van der Waals surface area contributed by atoms with Crippen LogP contribution in [0.2, 0.25) is 0 Å². The summed E-state index contributed by atoms with van der Waals surface area (Å²) in [5, 5.41) is -0.225. The zero-order valence-corrected chi connectivity index (χ0v) is 11.8. The van der Waals surface area contributed by atoms with Crippen molar-refractivity contribution in [2.24, 2.45) is 0 Å². The van der Waals surface area contributed by atoms with Gasteiger partial charge in [0, 0.05) is 5.69 Å². The molecule has 2 rings (SSSR count). The number of hydrogen-bond acceptors (Lipinski definition) is 3. The average molecular weight is 268 g/mol. The van der Waals surface area contributed by atoms with Gasteiger partial charge in [-0.1, -0.05) is 20.8 Å². The molecule has 0 atom stereocenters. The Balaban J connectivity index is 2.31. The lowest BCUT2D eigenvalue weighted by molar-refractivity contribution is 0.590. The quantitative estimate of drug-likeness (QED) is 0.827. The molecule has 1 fully saturated rings. The van der Waals surface area contributed by atoms with Crippen LogP contribution in [0, 0.1) is 0 Å². The highest BCUT2D eigenvalue weighted by atomic mass is 32.2. The van der Waals surface area contributed by atoms with Crippen LogP contribution >= 0.6 is 0 Å². The third kappa shape index (κ3) is 2.96. The summed E-state index contributed by atoms with van der Waals surface area (Å²) in [6.45, 7) is 6.21. The SMILES string of the molecule is CC(C)(C)c1cc(N)cc(NS(=O)(=O)C2CC2)c1. The van der Waals surface area contributed by atoms with Crippen LogP contribution in [0.15, 0.2) is 18.2 Å². The van der Waals surface area contributed by atoms with Crippen LogP contribution in [0.5, 0.6) is 0 Å². The summed E-state index contributed by atoms with van der Waals surface area (Å²) in [5.41, 5.74) is 7.94. The van der Waals surface area contributed by atoms with Crippen LogP contribution in [0.1, 0.15) is 39.2 Å². The summed E-state index contributed by atoms with van der Waals surface area (Å²) >= 11 is 0. The van der Waals surface area contributed by atoms with Gasteiger partial charge in [-0.05, 0) is 42.0 Å². The van der Waals surface area contributed by atoms with E-state index in [-0.39, 0.29) is 10.7 Å². The molecule has 0 amide bonds. The van der Waals surface area contributed by atoms with Crippen LogP contribution in [0.3, 0.4) is 0 Å². The summed E-state index contributed by atoms with van der Waals surface area (Å²) < 4.78 is 26.4. The molecule has 0 aliphatic heterocycles. The Morgan fingerprint density at radius 2 is 1.83 bits per heavy atom. The molecule has 0 heterocycles. The van der Waals surface area contributed by atoms with Crippen molar-refractivity contribution in [3.05, 3.63) is 23.8 Å². The Hall–Kier alpha value is -1.23. The summed E-state index contributed by atoms with van der Waals surface area (Å²) in [6.07, 6.45) is 1.51. The van der Waals surface area contributed by atoms with E-state index < -0.39 is 10.0 Å². The van der Waals surface area contributed by atoms with Gasteiger partial charge in [0.1, 0.15) is 0 Å². The number of nitrogens with two attached hydrogens (primary N) is 1. The molecule has 100 valence electrons. The minimum absolute atomic E-state index is 0.0604. The average Bonchev–Trinajstić information content (AvgIpc) is 2.96. The van der Waals surface area contributed by atoms with Crippen molar-refractivity contribution in [1.29, 1.82) is 0 Å². The van der Waals surface area contributed by atoms with Crippen LogP contribution < -0.4 is 10.5 Å². The molecule has 3 N–H and O–H groups in total. The minimum Gasteiger partial charge on any atom is -0.399 e. The maximum atomic E-state index is 11.9. The third-order valence-corrected chi connectivity index (χ3v) is 4.91. The lowest BCUT2D eigenvalue weighted by Crippen LogP contribution is -2.18. The maximum absolute atomic E-state index is 11.9. The molecule has 5 heteroatoms. The van der Waals surface area contributed by atoms with E-state index in [9.17, 15) is 8.42 Å². The molecular weight excluding hydrogens is 248 g/mol. The molecule has 0 radical (unpaired) electrons. The van der Waals surface area contributed by atoms with E-state index in [1.54, 1.807) is 6.07 Å². The predicted octanol–water partition coefficient (Wildman–Crippen LogP) is 2.47. The molecule has 4 nitrogen and oxygen atoms in total. The van der Waals surface area contributed by atoms with Gasteiger partial charge in [-0.2, -0.15) is 0 Å². The highest BCUT2D eigenvalue weighted by Gasteiger charge is 2.35. The molecule has 1 aliphatic rings. The van der Waals surface area contributed by atoms with Crippen molar-refractivity contribution < 1.29 is 8.42 Å². The fourth-order valence-corrected chi connectivity index (χ4v) is 3.14. The second kappa shape index (κ2) is 4.16. The Morgan fingerprint density at radius 1 is 1.22 bits per heavy atom. The van der Waals surface area contributed by atoms with Gasteiger partial charge in [0.15, 0.2) is 0 Å². The first-order chi connectivity index (χ1) is 8.18. The van der Waals surface area contributed by atoms with E-state index in [0.29, 0.717) is 11.4 Å². The zero-order valence-electron chi connectivity index (χ0n) is 11.0. The predicted molar refractivity (Wildman–Crippen MR) is 75.1 cm³/mol. The van der Waals surface area contributed by atoms with Gasteiger partial charge in [-0.25, -0.2) is 8.42 Å². The van der Waals surface area contributed by atoms with Gasteiger partial charge in [-0.3, -0.25) is 4.72 Å². The van der Waals surface area contributed by atoms with Crippen molar-refractivity contribution in [2.45, 2.75) is 44.3 Å². The van der Waals surface area contributed by atoms with Gasteiger partial charge in [0.2, 0.25) is 10.0 Å². The Morgan fingerprint density at radius 3 is 2.33 bits per heavy atom. The molecule has 1 aromatic rings. The maximum Gasteiger partial charge on any atom is 0.235 e. The molecule has 0 bridgehead atoms. The largest absolute Gasteiger partial charge is 0.399 e. The first kappa shape index (κ1) is 13.2. The second-order valence-electron chi connectivity index (χ2n) is 5.94. The van der Waals surface area contributed by atoms with Crippen LogP contribution in [-0.4, -0.2) is 13.7 Å². The molecule has 1 saturated carbocycles. The Labute approximate surface area is 109 Å². The van der Waals surface area contributed by atoms with Crippen molar-refractivity contribution >= 4 is 21.4 Å². The first-order valence-electron chi connectivity index (χ1n) is 6.11. The molecule has 0 spiro atoms. The van der Waals surface area contributed by atoms with E-state index in [1.165, 1.54) is 0 Å². The van der Waals surface area contributed by atoms with Crippen molar-refractivity contribution in [3.8, 4) is 0 Å². The zero-order chi connectivity index (χ0) is 13.6. The summed E-state index contributed by atoms with van der Waals surface area (Å²) in [6, 6.07) is 5.40. The topological polar surface area (TPSA) is 72.2 Å². The van der Waals surface area contributed by atoms with E-state index in [4.69, 9.17) is 5.73 Å². The molecule has 1 aromatic carbocycles. The van der Waals surface area contributed by atoms with Crippen LogP contribution in [0.4, 0.5) is 11.4 Å². The molecule has 1 aliphatic carbocycles. The number of rotatable bonds is 3. The van der Waals surface area contributed by atoms with E-state index in [2.05, 4.69) is 25.5 Å². The molecular formula is C13H20N2O2S. The fraction of sp³-hybridized carbons (Fsp3) is 0.538. The Bertz CT molecular complexity index is 555. The lowest BCUT2D eigenvalue weighted by atomic mass is 9.86. The van der Waals surface area contributed by atoms with Gasteiger partial charge in [0.05, 0.1) is 10.9 Å². The minimum atomic E-state index is -3.22. The molecule has 0 unspecified atom stereocenters. The monoisotopic (exact) mass is 268 g/mol. The normalized spacial score (nSPS) is 16.6. The second-order valence-corrected chi connectivity index (χ2v) is 7.90. The van der Waals surface area contributed by atoms with Crippen LogP contribution in [0.25, 0.3) is 0 Å². The van der Waals surface area contributed by atoms with E-state index in [1.807, 2.05) is 12.1 Å². The number of benzene rings is 1. The Kier molecular flexibility index (Phi) is 3.05. The highest BCUT2D eigenvalue weighted by molar-refractivity contribution is 7.93. The van der Waals surface area contributed by atoms with Crippen LogP contribution in [-0.2, 0) is 15.4 Å². The van der Waals surface area contributed by atoms with Crippen molar-refractivity contribution in [1.82, 2.24) is 0 Å². The molecule has 0 aromatic heterocycles. The van der Waals surface area contributed by atoms with Gasteiger partial charge < -0.3 is 5.73 Å². The number of sulfonamides is 1. The lowest BCUT2D eigenvalue weighted by Gasteiger charge is -2.21. The first-order valence-corrected chi connectivity index (χ1v) is 7.66. The number of anilines is 2. The van der Waals surface area contributed by atoms with Gasteiger partial charge in [0.25, 0.3) is 0 Å². The fourth-order valence-electron chi connectivity index (χ4n) is 1.77. The number of nitrogen functional groups attached to an aromatic ring is 1. The molecule has 18 heavy (non-hydrogen) atoms. The summed E-state index contributed by atoms with van der Waals surface area (Å²) in [4.78, 5) is 0. The number of hydrogen-bond donors (Lipinski definition) is 2. The van der Waals surface area contributed by atoms with E-state index >= 15 is 0 Å². The summed E-state index contributed by atoms with van der Waals surface area (Å²) in [5.74, 6) is 0. The van der Waals surface area contributed by atoms with Crippen molar-refractivity contribution in [2.75, 3.05) is 10.5 Å². The standard InChI is InChI=1S/C13H20N2O2S/c1-13(2,3)9-6-10(14)8-11(7-9)15-18(16,17)12-4-5-12/h6-8,12,15H,4-5,14H2,1-3H3. The smallest absolute Gasteiger partial charge is 0.235 e. The van der Waals surface area contributed by atoms with Crippen molar-refractivity contribution in [3.63, 3.8) is 0 Å². The third-order valence-electron chi connectivity index (χ3n) is 3.04. The highest BCUT2D eigenvalue weighted by Crippen LogP contribution is 2.32. The van der Waals surface area contributed by atoms with E-state index in [0.717, 1.165) is 18.4 Å².